The second kappa shape index (κ2) is 8.15. The molecule has 124 valence electrons. The minimum atomic E-state index is 0.226. The quantitative estimate of drug-likeness (QED) is 0.494. The average Bonchev–Trinajstić information content (AvgIpc) is 2.44. The van der Waals surface area contributed by atoms with Crippen LogP contribution in [0.1, 0.15) is 96.3 Å². The molecule has 0 N–H and O–H groups in total. The van der Waals surface area contributed by atoms with Crippen molar-refractivity contribution in [3.8, 4) is 0 Å². The van der Waals surface area contributed by atoms with Crippen molar-refractivity contribution in [3.05, 3.63) is 35.4 Å². The Morgan fingerprint density at radius 3 is 2.23 bits per heavy atom. The summed E-state index contributed by atoms with van der Waals surface area (Å²) < 4.78 is 6.38. The number of hydrogen-bond donors (Lipinski definition) is 0. The van der Waals surface area contributed by atoms with Crippen molar-refractivity contribution in [2.45, 2.75) is 96.7 Å². The zero-order valence-corrected chi connectivity index (χ0v) is 15.0. The molecule has 1 aliphatic carbocycles. The molecule has 0 spiro atoms. The standard InChI is InChI=1S/C21H34O/c1-5-6-7-8-12-20(22-19-10-9-11-19)17-13-15-18(16-14-17)21(2,3)4/h13-16,19-20H,5-12H2,1-4H3. The van der Waals surface area contributed by atoms with Crippen molar-refractivity contribution in [2.24, 2.45) is 0 Å². The third kappa shape index (κ3) is 5.12. The van der Waals surface area contributed by atoms with Crippen molar-refractivity contribution in [3.63, 3.8) is 0 Å². The summed E-state index contributed by atoms with van der Waals surface area (Å²) in [7, 11) is 0. The number of ether oxygens (including phenoxy) is 1. The number of benzene rings is 1. The Morgan fingerprint density at radius 2 is 1.73 bits per heavy atom. The third-order valence-corrected chi connectivity index (χ3v) is 4.88. The summed E-state index contributed by atoms with van der Waals surface area (Å²) in [6, 6.07) is 9.17. The van der Waals surface area contributed by atoms with Crippen LogP contribution >= 0.6 is 0 Å². The zero-order chi connectivity index (χ0) is 16.0. The van der Waals surface area contributed by atoms with Gasteiger partial charge in [0.05, 0.1) is 12.2 Å². The molecular weight excluding hydrogens is 268 g/mol. The van der Waals surface area contributed by atoms with E-state index in [4.69, 9.17) is 4.74 Å². The number of unbranched alkanes of at least 4 members (excludes halogenated alkanes) is 3. The first kappa shape index (κ1) is 17.5. The van der Waals surface area contributed by atoms with Crippen molar-refractivity contribution in [1.82, 2.24) is 0 Å². The Bertz CT molecular complexity index is 422. The van der Waals surface area contributed by atoms with Gasteiger partial charge in [0.15, 0.2) is 0 Å². The van der Waals surface area contributed by atoms with Gasteiger partial charge in [-0.3, -0.25) is 0 Å². The van der Waals surface area contributed by atoms with Gasteiger partial charge in [0, 0.05) is 0 Å². The van der Waals surface area contributed by atoms with E-state index in [0.29, 0.717) is 12.2 Å². The molecule has 1 saturated carbocycles. The highest BCUT2D eigenvalue weighted by molar-refractivity contribution is 5.28. The van der Waals surface area contributed by atoms with Crippen LogP contribution in [-0.4, -0.2) is 6.10 Å². The van der Waals surface area contributed by atoms with Crippen LogP contribution in [0.4, 0.5) is 0 Å². The summed E-state index contributed by atoms with van der Waals surface area (Å²) in [6.07, 6.45) is 11.1. The van der Waals surface area contributed by atoms with E-state index in [1.807, 2.05) is 0 Å². The molecule has 0 heterocycles. The molecule has 22 heavy (non-hydrogen) atoms. The Kier molecular flexibility index (Phi) is 6.50. The monoisotopic (exact) mass is 302 g/mol. The molecule has 1 nitrogen and oxygen atoms in total. The molecule has 0 amide bonds. The molecule has 0 radical (unpaired) electrons. The van der Waals surface area contributed by atoms with Crippen LogP contribution in [0, 0.1) is 0 Å². The van der Waals surface area contributed by atoms with Crippen LogP contribution in [0.5, 0.6) is 0 Å². The van der Waals surface area contributed by atoms with E-state index >= 15 is 0 Å². The summed E-state index contributed by atoms with van der Waals surface area (Å²) in [6.45, 7) is 9.09. The molecule has 1 fully saturated rings. The van der Waals surface area contributed by atoms with Crippen molar-refractivity contribution < 1.29 is 4.74 Å². The van der Waals surface area contributed by atoms with Gasteiger partial charge in [0.2, 0.25) is 0 Å². The second-order valence-corrected chi connectivity index (χ2v) is 7.90. The molecule has 0 saturated heterocycles. The van der Waals surface area contributed by atoms with E-state index in [0.717, 1.165) is 0 Å². The molecule has 1 aromatic carbocycles. The number of rotatable bonds is 8. The lowest BCUT2D eigenvalue weighted by Crippen LogP contribution is -2.24. The van der Waals surface area contributed by atoms with Gasteiger partial charge in [-0.2, -0.15) is 0 Å². The second-order valence-electron chi connectivity index (χ2n) is 7.90. The van der Waals surface area contributed by atoms with Gasteiger partial charge in [0.25, 0.3) is 0 Å². The molecule has 0 aromatic heterocycles. The Balaban J connectivity index is 1.99. The van der Waals surface area contributed by atoms with Gasteiger partial charge in [-0.1, -0.05) is 77.6 Å². The minimum Gasteiger partial charge on any atom is -0.370 e. The molecule has 1 atom stereocenters. The zero-order valence-electron chi connectivity index (χ0n) is 15.0. The normalized spacial score (nSPS) is 17.3. The Labute approximate surface area is 137 Å². The SMILES string of the molecule is CCCCCCC(OC1CCC1)c1ccc(C(C)(C)C)cc1. The summed E-state index contributed by atoms with van der Waals surface area (Å²) in [4.78, 5) is 0. The minimum absolute atomic E-state index is 0.226. The Hall–Kier alpha value is -0.820. The van der Waals surface area contributed by atoms with Crippen LogP contribution in [0.25, 0.3) is 0 Å². The average molecular weight is 303 g/mol. The van der Waals surface area contributed by atoms with Crippen LogP contribution in [-0.2, 0) is 10.2 Å². The maximum absolute atomic E-state index is 6.38. The number of hydrogen-bond acceptors (Lipinski definition) is 1. The van der Waals surface area contributed by atoms with E-state index in [9.17, 15) is 0 Å². The van der Waals surface area contributed by atoms with Gasteiger partial charge in [-0.05, 0) is 42.2 Å². The van der Waals surface area contributed by atoms with Crippen molar-refractivity contribution in [1.29, 1.82) is 0 Å². The van der Waals surface area contributed by atoms with Gasteiger partial charge in [-0.25, -0.2) is 0 Å². The van der Waals surface area contributed by atoms with Gasteiger partial charge < -0.3 is 4.74 Å². The van der Waals surface area contributed by atoms with E-state index in [1.54, 1.807) is 0 Å². The van der Waals surface area contributed by atoms with Crippen LogP contribution in [0.15, 0.2) is 24.3 Å². The highest BCUT2D eigenvalue weighted by atomic mass is 16.5. The first-order chi connectivity index (χ1) is 10.5. The van der Waals surface area contributed by atoms with Crippen LogP contribution in [0.3, 0.4) is 0 Å². The summed E-state index contributed by atoms with van der Waals surface area (Å²) in [5.74, 6) is 0. The summed E-state index contributed by atoms with van der Waals surface area (Å²) in [5, 5.41) is 0. The molecule has 1 aromatic rings. The first-order valence-corrected chi connectivity index (χ1v) is 9.26. The molecule has 1 aliphatic rings. The smallest absolute Gasteiger partial charge is 0.0828 e. The van der Waals surface area contributed by atoms with E-state index < -0.39 is 0 Å². The lowest BCUT2D eigenvalue weighted by atomic mass is 9.86. The lowest BCUT2D eigenvalue weighted by Gasteiger charge is -2.31. The largest absolute Gasteiger partial charge is 0.370 e. The fourth-order valence-corrected chi connectivity index (χ4v) is 3.01. The highest BCUT2D eigenvalue weighted by Gasteiger charge is 2.23. The van der Waals surface area contributed by atoms with E-state index in [1.165, 1.54) is 62.5 Å². The van der Waals surface area contributed by atoms with Crippen molar-refractivity contribution >= 4 is 0 Å². The van der Waals surface area contributed by atoms with Crippen LogP contribution in [0.2, 0.25) is 0 Å². The highest BCUT2D eigenvalue weighted by Crippen LogP contribution is 2.33. The molecule has 1 heteroatoms. The van der Waals surface area contributed by atoms with E-state index in [2.05, 4.69) is 52.0 Å². The summed E-state index contributed by atoms with van der Waals surface area (Å²) in [5.41, 5.74) is 3.00. The van der Waals surface area contributed by atoms with Gasteiger partial charge in [-0.15, -0.1) is 0 Å². The predicted molar refractivity (Wildman–Crippen MR) is 95.4 cm³/mol. The molecule has 1 unspecified atom stereocenters. The molecule has 0 aliphatic heterocycles. The first-order valence-electron chi connectivity index (χ1n) is 9.26. The maximum Gasteiger partial charge on any atom is 0.0828 e. The summed E-state index contributed by atoms with van der Waals surface area (Å²) >= 11 is 0. The van der Waals surface area contributed by atoms with Crippen molar-refractivity contribution in [2.75, 3.05) is 0 Å². The Morgan fingerprint density at radius 1 is 1.05 bits per heavy atom. The van der Waals surface area contributed by atoms with Gasteiger partial charge in [0.1, 0.15) is 0 Å². The maximum atomic E-state index is 6.38. The molecular formula is C21H34O. The molecule has 0 bridgehead atoms. The van der Waals surface area contributed by atoms with Gasteiger partial charge >= 0.3 is 0 Å². The van der Waals surface area contributed by atoms with E-state index in [-0.39, 0.29) is 5.41 Å². The fourth-order valence-electron chi connectivity index (χ4n) is 3.01. The third-order valence-electron chi connectivity index (χ3n) is 4.88. The lowest BCUT2D eigenvalue weighted by molar-refractivity contribution is -0.0571. The fraction of sp³-hybridized carbons (Fsp3) is 0.714. The molecule has 2 rings (SSSR count). The predicted octanol–water partition coefficient (Wildman–Crippen LogP) is 6.56. The topological polar surface area (TPSA) is 9.23 Å². The van der Waals surface area contributed by atoms with Crippen LogP contribution < -0.4 is 0 Å².